The van der Waals surface area contributed by atoms with E-state index in [9.17, 15) is 4.39 Å². The zero-order valence-corrected chi connectivity index (χ0v) is 9.71. The van der Waals surface area contributed by atoms with Crippen molar-refractivity contribution >= 4 is 11.6 Å². The van der Waals surface area contributed by atoms with Crippen LogP contribution in [0, 0.1) is 11.7 Å². The van der Waals surface area contributed by atoms with Gasteiger partial charge in [0.05, 0.1) is 6.61 Å². The molecule has 0 aromatic heterocycles. The van der Waals surface area contributed by atoms with E-state index in [-0.39, 0.29) is 17.8 Å². The molecule has 0 radical (unpaired) electrons. The molecule has 2 unspecified atom stereocenters. The second kappa shape index (κ2) is 5.13. The first kappa shape index (κ1) is 11.8. The molecule has 0 bridgehead atoms. The minimum absolute atomic E-state index is 0.199. The van der Waals surface area contributed by atoms with Gasteiger partial charge < -0.3 is 10.5 Å². The molecule has 2 rings (SSSR count). The maximum atomic E-state index is 13.7. The van der Waals surface area contributed by atoms with Gasteiger partial charge in [-0.15, -0.1) is 0 Å². The lowest BCUT2D eigenvalue weighted by atomic mass is 9.89. The molecule has 1 heterocycles. The number of ether oxygens (including phenoxy) is 1. The summed E-state index contributed by atoms with van der Waals surface area (Å²) in [6.07, 6.45) is 1.98. The molecule has 1 aromatic carbocycles. The third kappa shape index (κ3) is 2.54. The molecule has 0 saturated carbocycles. The Labute approximate surface area is 99.5 Å². The lowest BCUT2D eigenvalue weighted by molar-refractivity contribution is 0.0443. The second-order valence-corrected chi connectivity index (χ2v) is 4.61. The maximum Gasteiger partial charge on any atom is 0.129 e. The van der Waals surface area contributed by atoms with Crippen molar-refractivity contribution < 1.29 is 9.13 Å². The summed E-state index contributed by atoms with van der Waals surface area (Å²) < 4.78 is 19.0. The van der Waals surface area contributed by atoms with Crippen LogP contribution in [0.25, 0.3) is 0 Å². The van der Waals surface area contributed by atoms with E-state index in [0.29, 0.717) is 17.2 Å². The largest absolute Gasteiger partial charge is 0.381 e. The molecule has 2 N–H and O–H groups in total. The van der Waals surface area contributed by atoms with Crippen LogP contribution >= 0.6 is 11.6 Å². The van der Waals surface area contributed by atoms with Crippen LogP contribution < -0.4 is 5.73 Å². The molecule has 0 aliphatic carbocycles. The quantitative estimate of drug-likeness (QED) is 0.867. The fourth-order valence-electron chi connectivity index (χ4n) is 2.07. The summed E-state index contributed by atoms with van der Waals surface area (Å²) in [5, 5.41) is 0.397. The summed E-state index contributed by atoms with van der Waals surface area (Å²) in [4.78, 5) is 0. The fraction of sp³-hybridized carbons (Fsp3) is 0.500. The van der Waals surface area contributed by atoms with Gasteiger partial charge in [-0.05, 0) is 25.0 Å². The minimum atomic E-state index is -0.328. The van der Waals surface area contributed by atoms with Crippen molar-refractivity contribution in [2.24, 2.45) is 11.7 Å². The highest BCUT2D eigenvalue weighted by Crippen LogP contribution is 2.29. The Bertz CT molecular complexity index is 366. The van der Waals surface area contributed by atoms with Crippen LogP contribution in [0.1, 0.15) is 24.4 Å². The van der Waals surface area contributed by atoms with E-state index in [1.807, 2.05) is 0 Å². The Morgan fingerprint density at radius 2 is 2.31 bits per heavy atom. The molecule has 1 saturated heterocycles. The Balaban J connectivity index is 2.15. The normalized spacial score (nSPS) is 23.1. The van der Waals surface area contributed by atoms with Gasteiger partial charge in [-0.2, -0.15) is 0 Å². The van der Waals surface area contributed by atoms with Crippen LogP contribution in [0.4, 0.5) is 4.39 Å². The van der Waals surface area contributed by atoms with Gasteiger partial charge in [0.2, 0.25) is 0 Å². The molecule has 1 aromatic rings. The van der Waals surface area contributed by atoms with Crippen molar-refractivity contribution in [3.05, 3.63) is 34.6 Å². The van der Waals surface area contributed by atoms with Gasteiger partial charge in [-0.3, -0.25) is 0 Å². The summed E-state index contributed by atoms with van der Waals surface area (Å²) in [5.41, 5.74) is 6.59. The van der Waals surface area contributed by atoms with Gasteiger partial charge in [0.15, 0.2) is 0 Å². The van der Waals surface area contributed by atoms with Crippen LogP contribution in [0.2, 0.25) is 5.02 Å². The maximum absolute atomic E-state index is 13.7. The first-order valence-corrected chi connectivity index (χ1v) is 5.84. The topological polar surface area (TPSA) is 35.2 Å². The van der Waals surface area contributed by atoms with Gasteiger partial charge in [0.1, 0.15) is 5.82 Å². The zero-order chi connectivity index (χ0) is 11.5. The van der Waals surface area contributed by atoms with Gasteiger partial charge in [0, 0.05) is 29.2 Å². The van der Waals surface area contributed by atoms with Crippen molar-refractivity contribution in [1.29, 1.82) is 0 Å². The summed E-state index contributed by atoms with van der Waals surface area (Å²) in [6.45, 7) is 1.40. The van der Waals surface area contributed by atoms with E-state index in [4.69, 9.17) is 22.1 Å². The summed E-state index contributed by atoms with van der Waals surface area (Å²) in [5.74, 6) is -0.130. The van der Waals surface area contributed by atoms with Crippen molar-refractivity contribution in [3.8, 4) is 0 Å². The van der Waals surface area contributed by atoms with E-state index in [2.05, 4.69) is 0 Å². The molecule has 2 atom stereocenters. The first-order valence-electron chi connectivity index (χ1n) is 5.47. The monoisotopic (exact) mass is 243 g/mol. The molecule has 1 fully saturated rings. The molecule has 0 spiro atoms. The first-order chi connectivity index (χ1) is 7.68. The number of hydrogen-bond acceptors (Lipinski definition) is 2. The highest BCUT2D eigenvalue weighted by molar-refractivity contribution is 6.30. The van der Waals surface area contributed by atoms with Crippen molar-refractivity contribution in [3.63, 3.8) is 0 Å². The number of nitrogens with two attached hydrogens (primary N) is 1. The number of benzene rings is 1. The minimum Gasteiger partial charge on any atom is -0.381 e. The van der Waals surface area contributed by atoms with Gasteiger partial charge in [-0.1, -0.05) is 17.7 Å². The SMILES string of the molecule is NC(c1ccc(Cl)cc1F)C1CCCOC1. The lowest BCUT2D eigenvalue weighted by Gasteiger charge is -2.28. The smallest absolute Gasteiger partial charge is 0.129 e. The van der Waals surface area contributed by atoms with Crippen molar-refractivity contribution in [2.45, 2.75) is 18.9 Å². The molecule has 1 aliphatic heterocycles. The van der Waals surface area contributed by atoms with Crippen LogP contribution in [-0.2, 0) is 4.74 Å². The van der Waals surface area contributed by atoms with Crippen LogP contribution in [0.5, 0.6) is 0 Å². The molecule has 4 heteroatoms. The molecular formula is C12H15ClFNO. The van der Waals surface area contributed by atoms with Crippen molar-refractivity contribution in [2.75, 3.05) is 13.2 Å². The Hall–Kier alpha value is -0.640. The van der Waals surface area contributed by atoms with Gasteiger partial charge in [0.25, 0.3) is 0 Å². The predicted molar refractivity (Wildman–Crippen MR) is 61.9 cm³/mol. The third-order valence-electron chi connectivity index (χ3n) is 3.02. The molecule has 2 nitrogen and oxygen atoms in total. The molecule has 88 valence electrons. The summed E-state index contributed by atoms with van der Waals surface area (Å²) in [7, 11) is 0. The molecule has 0 amide bonds. The Kier molecular flexibility index (Phi) is 3.79. The fourth-order valence-corrected chi connectivity index (χ4v) is 2.23. The molecular weight excluding hydrogens is 229 g/mol. The summed E-state index contributed by atoms with van der Waals surface area (Å²) >= 11 is 5.70. The number of halogens is 2. The average Bonchev–Trinajstić information content (AvgIpc) is 2.29. The molecule has 1 aliphatic rings. The number of hydrogen-bond donors (Lipinski definition) is 1. The van der Waals surface area contributed by atoms with E-state index in [1.165, 1.54) is 6.07 Å². The van der Waals surface area contributed by atoms with Gasteiger partial charge in [-0.25, -0.2) is 4.39 Å². The predicted octanol–water partition coefficient (Wildman–Crippen LogP) is 2.91. The highest BCUT2D eigenvalue weighted by atomic mass is 35.5. The lowest BCUT2D eigenvalue weighted by Crippen LogP contribution is -2.29. The highest BCUT2D eigenvalue weighted by Gasteiger charge is 2.24. The molecule has 16 heavy (non-hydrogen) atoms. The summed E-state index contributed by atoms with van der Waals surface area (Å²) in [6, 6.07) is 4.33. The second-order valence-electron chi connectivity index (χ2n) is 4.17. The standard InChI is InChI=1S/C12H15ClFNO/c13-9-3-4-10(11(14)6-9)12(15)8-2-1-5-16-7-8/h3-4,6,8,12H,1-2,5,7,15H2. The van der Waals surface area contributed by atoms with E-state index >= 15 is 0 Å². The zero-order valence-electron chi connectivity index (χ0n) is 8.96. The Morgan fingerprint density at radius 1 is 1.50 bits per heavy atom. The van der Waals surface area contributed by atoms with Crippen LogP contribution in [-0.4, -0.2) is 13.2 Å². The third-order valence-corrected chi connectivity index (χ3v) is 3.26. The van der Waals surface area contributed by atoms with Gasteiger partial charge >= 0.3 is 0 Å². The van der Waals surface area contributed by atoms with Crippen LogP contribution in [0.3, 0.4) is 0 Å². The average molecular weight is 244 g/mol. The number of rotatable bonds is 2. The van der Waals surface area contributed by atoms with Crippen molar-refractivity contribution in [1.82, 2.24) is 0 Å². The van der Waals surface area contributed by atoms with E-state index in [1.54, 1.807) is 12.1 Å². The van der Waals surface area contributed by atoms with Crippen LogP contribution in [0.15, 0.2) is 18.2 Å². The van der Waals surface area contributed by atoms with E-state index < -0.39 is 0 Å². The Morgan fingerprint density at radius 3 is 2.94 bits per heavy atom. The van der Waals surface area contributed by atoms with E-state index in [0.717, 1.165) is 19.4 Å².